The fourth-order valence-corrected chi connectivity index (χ4v) is 1.80. The van der Waals surface area contributed by atoms with Gasteiger partial charge in [-0.25, -0.2) is 9.37 Å². The van der Waals surface area contributed by atoms with Gasteiger partial charge in [-0.3, -0.25) is 9.59 Å². The number of carboxylic acid groups (broad SMARTS) is 1. The molecule has 0 saturated heterocycles. The van der Waals surface area contributed by atoms with E-state index in [2.05, 4.69) is 4.98 Å². The molecule has 110 valence electrons. The summed E-state index contributed by atoms with van der Waals surface area (Å²) in [7, 11) is 1.34. The minimum absolute atomic E-state index is 0.0160. The molecule has 0 spiro atoms. The Kier molecular flexibility index (Phi) is 4.02. The molecule has 21 heavy (non-hydrogen) atoms. The molecular weight excluding hydrogens is 279 g/mol. The van der Waals surface area contributed by atoms with Crippen LogP contribution < -0.4 is 0 Å². The van der Waals surface area contributed by atoms with E-state index in [4.69, 9.17) is 9.52 Å². The molecule has 0 fully saturated rings. The number of hydrogen-bond acceptors (Lipinski definition) is 4. The summed E-state index contributed by atoms with van der Waals surface area (Å²) in [6.07, 6.45) is 0. The summed E-state index contributed by atoms with van der Waals surface area (Å²) in [6.45, 7) is 1.05. The number of benzene rings is 1. The van der Waals surface area contributed by atoms with Crippen molar-refractivity contribution in [3.63, 3.8) is 0 Å². The van der Waals surface area contributed by atoms with Crippen molar-refractivity contribution in [2.45, 2.75) is 6.92 Å². The van der Waals surface area contributed by atoms with Crippen LogP contribution in [0.1, 0.15) is 16.2 Å². The zero-order chi connectivity index (χ0) is 15.6. The van der Waals surface area contributed by atoms with Gasteiger partial charge in [-0.1, -0.05) is 12.1 Å². The first-order valence-electron chi connectivity index (χ1n) is 6.09. The standard InChI is InChI=1S/C14H13FN2O4/c1-8-12(14(20)17(2)7-11(18)19)16-13(21-8)9-5-3-4-6-10(9)15/h3-6H,7H2,1-2H3,(H,18,19). The zero-order valence-electron chi connectivity index (χ0n) is 11.5. The molecule has 7 heteroatoms. The van der Waals surface area contributed by atoms with E-state index < -0.39 is 24.2 Å². The third-order valence-corrected chi connectivity index (χ3v) is 2.82. The molecule has 2 rings (SSSR count). The molecule has 1 heterocycles. The lowest BCUT2D eigenvalue weighted by Gasteiger charge is -2.12. The average Bonchev–Trinajstić information content (AvgIpc) is 2.79. The Balaban J connectivity index is 2.34. The number of likely N-dealkylation sites (N-methyl/N-ethyl adjacent to an activating group) is 1. The average molecular weight is 292 g/mol. The van der Waals surface area contributed by atoms with Gasteiger partial charge in [0.25, 0.3) is 5.91 Å². The van der Waals surface area contributed by atoms with E-state index in [0.717, 1.165) is 4.90 Å². The van der Waals surface area contributed by atoms with Crippen LogP contribution in [0.3, 0.4) is 0 Å². The first-order chi connectivity index (χ1) is 9.90. The van der Waals surface area contributed by atoms with Crippen molar-refractivity contribution in [2.24, 2.45) is 0 Å². The lowest BCUT2D eigenvalue weighted by molar-refractivity contribution is -0.137. The number of amides is 1. The van der Waals surface area contributed by atoms with Crippen molar-refractivity contribution in [1.82, 2.24) is 9.88 Å². The second kappa shape index (κ2) is 5.74. The van der Waals surface area contributed by atoms with Gasteiger partial charge >= 0.3 is 5.97 Å². The maximum Gasteiger partial charge on any atom is 0.323 e. The van der Waals surface area contributed by atoms with Gasteiger partial charge in [0.15, 0.2) is 5.69 Å². The summed E-state index contributed by atoms with van der Waals surface area (Å²) >= 11 is 0. The van der Waals surface area contributed by atoms with Crippen LogP contribution in [-0.2, 0) is 4.79 Å². The molecule has 0 bridgehead atoms. The van der Waals surface area contributed by atoms with E-state index in [1.54, 1.807) is 6.07 Å². The molecule has 6 nitrogen and oxygen atoms in total. The monoisotopic (exact) mass is 292 g/mol. The molecule has 0 aliphatic heterocycles. The summed E-state index contributed by atoms with van der Waals surface area (Å²) in [5, 5.41) is 8.68. The van der Waals surface area contributed by atoms with E-state index in [9.17, 15) is 14.0 Å². The Labute approximate surface area is 119 Å². The Morgan fingerprint density at radius 1 is 1.38 bits per heavy atom. The van der Waals surface area contributed by atoms with Crippen LogP contribution in [0.25, 0.3) is 11.5 Å². The van der Waals surface area contributed by atoms with Crippen molar-refractivity contribution in [2.75, 3.05) is 13.6 Å². The van der Waals surface area contributed by atoms with Crippen molar-refractivity contribution in [1.29, 1.82) is 0 Å². The molecule has 0 unspecified atom stereocenters. The number of carbonyl (C=O) groups excluding carboxylic acids is 1. The number of carboxylic acids is 1. The van der Waals surface area contributed by atoms with Gasteiger partial charge in [0.05, 0.1) is 5.56 Å². The minimum atomic E-state index is -1.14. The summed E-state index contributed by atoms with van der Waals surface area (Å²) < 4.78 is 19.0. The molecule has 1 aromatic heterocycles. The number of aryl methyl sites for hydroxylation is 1. The number of aliphatic carboxylic acids is 1. The first kappa shape index (κ1) is 14.7. The predicted molar refractivity (Wildman–Crippen MR) is 71.2 cm³/mol. The second-order valence-electron chi connectivity index (χ2n) is 4.46. The van der Waals surface area contributed by atoms with Crippen LogP contribution in [0, 0.1) is 12.7 Å². The van der Waals surface area contributed by atoms with Crippen LogP contribution in [0.2, 0.25) is 0 Å². The number of halogens is 1. The number of carbonyl (C=O) groups is 2. The molecule has 1 aromatic carbocycles. The molecule has 1 N–H and O–H groups in total. The summed E-state index contributed by atoms with van der Waals surface area (Å²) in [4.78, 5) is 27.7. The normalized spacial score (nSPS) is 10.4. The highest BCUT2D eigenvalue weighted by molar-refractivity contribution is 5.95. The highest BCUT2D eigenvalue weighted by Gasteiger charge is 2.23. The highest BCUT2D eigenvalue weighted by atomic mass is 19.1. The number of nitrogens with zero attached hydrogens (tertiary/aromatic N) is 2. The van der Waals surface area contributed by atoms with E-state index in [-0.39, 0.29) is 22.9 Å². The van der Waals surface area contributed by atoms with Gasteiger partial charge in [0.2, 0.25) is 5.89 Å². The van der Waals surface area contributed by atoms with Crippen molar-refractivity contribution in [3.8, 4) is 11.5 Å². The van der Waals surface area contributed by atoms with Crippen LogP contribution >= 0.6 is 0 Å². The molecule has 2 aromatic rings. The molecule has 0 saturated carbocycles. The van der Waals surface area contributed by atoms with Gasteiger partial charge < -0.3 is 14.4 Å². The van der Waals surface area contributed by atoms with E-state index in [1.807, 2.05) is 0 Å². The van der Waals surface area contributed by atoms with Crippen LogP contribution in [0.4, 0.5) is 4.39 Å². The Morgan fingerprint density at radius 2 is 2.05 bits per heavy atom. The third-order valence-electron chi connectivity index (χ3n) is 2.82. The number of hydrogen-bond donors (Lipinski definition) is 1. The van der Waals surface area contributed by atoms with E-state index in [0.29, 0.717) is 0 Å². The second-order valence-corrected chi connectivity index (χ2v) is 4.46. The van der Waals surface area contributed by atoms with Gasteiger partial charge in [-0.05, 0) is 19.1 Å². The molecule has 0 aliphatic carbocycles. The quantitative estimate of drug-likeness (QED) is 0.931. The SMILES string of the molecule is Cc1oc(-c2ccccc2F)nc1C(=O)N(C)CC(=O)O. The molecular formula is C14H13FN2O4. The molecule has 0 aliphatic rings. The Morgan fingerprint density at radius 3 is 2.67 bits per heavy atom. The minimum Gasteiger partial charge on any atom is -0.480 e. The summed E-state index contributed by atoms with van der Waals surface area (Å²) in [5.74, 6) is -2.06. The van der Waals surface area contributed by atoms with E-state index in [1.165, 1.54) is 32.2 Å². The Bertz CT molecular complexity index is 696. The third kappa shape index (κ3) is 3.07. The maximum atomic E-state index is 13.7. The van der Waals surface area contributed by atoms with Gasteiger partial charge in [0.1, 0.15) is 18.1 Å². The zero-order valence-corrected chi connectivity index (χ0v) is 11.5. The predicted octanol–water partition coefficient (Wildman–Crippen LogP) is 1.95. The maximum absolute atomic E-state index is 13.7. The fraction of sp³-hybridized carbons (Fsp3) is 0.214. The summed E-state index contributed by atoms with van der Waals surface area (Å²) in [6, 6.07) is 5.89. The van der Waals surface area contributed by atoms with Crippen LogP contribution in [-0.4, -0.2) is 40.5 Å². The van der Waals surface area contributed by atoms with Crippen molar-refractivity contribution in [3.05, 3.63) is 41.5 Å². The topological polar surface area (TPSA) is 83.6 Å². The number of aromatic nitrogens is 1. The first-order valence-corrected chi connectivity index (χ1v) is 6.09. The number of rotatable bonds is 4. The molecule has 0 radical (unpaired) electrons. The number of oxazole rings is 1. The van der Waals surface area contributed by atoms with Crippen LogP contribution in [0.15, 0.2) is 28.7 Å². The van der Waals surface area contributed by atoms with Gasteiger partial charge in [-0.15, -0.1) is 0 Å². The molecule has 0 atom stereocenters. The van der Waals surface area contributed by atoms with Crippen molar-refractivity contribution >= 4 is 11.9 Å². The lowest BCUT2D eigenvalue weighted by atomic mass is 10.2. The smallest absolute Gasteiger partial charge is 0.323 e. The highest BCUT2D eigenvalue weighted by Crippen LogP contribution is 2.24. The molecule has 1 amide bonds. The van der Waals surface area contributed by atoms with Gasteiger partial charge in [0, 0.05) is 7.05 Å². The van der Waals surface area contributed by atoms with Crippen molar-refractivity contribution < 1.29 is 23.5 Å². The van der Waals surface area contributed by atoms with E-state index >= 15 is 0 Å². The largest absolute Gasteiger partial charge is 0.480 e. The Hall–Kier alpha value is -2.70. The lowest BCUT2D eigenvalue weighted by Crippen LogP contribution is -2.32. The van der Waals surface area contributed by atoms with Crippen LogP contribution in [0.5, 0.6) is 0 Å². The van der Waals surface area contributed by atoms with Gasteiger partial charge in [-0.2, -0.15) is 0 Å². The summed E-state index contributed by atoms with van der Waals surface area (Å²) in [5.41, 5.74) is 0.109. The fourth-order valence-electron chi connectivity index (χ4n) is 1.80.